The van der Waals surface area contributed by atoms with Gasteiger partial charge in [-0.05, 0) is 32.4 Å². The molecule has 0 unspecified atom stereocenters. The molecule has 0 amide bonds. The molecular weight excluding hydrogens is 478 g/mol. The van der Waals surface area contributed by atoms with Gasteiger partial charge < -0.3 is 24.8 Å². The number of alkyl halides is 3. The van der Waals surface area contributed by atoms with Crippen molar-refractivity contribution < 1.29 is 27.4 Å². The van der Waals surface area contributed by atoms with Gasteiger partial charge in [-0.1, -0.05) is 0 Å². The van der Waals surface area contributed by atoms with Crippen LogP contribution in [0.4, 0.5) is 18.9 Å². The standard InChI is InChI=1S/C17H26F3N3O3.HI/c1-4-21-16(22-9-6-10-25-12-17(18,19)20)23-13-7-8-14(26-5-2)15(11-13)24-3;/h7-8,11H,4-6,9-10,12H2,1-3H3,(H2,21,22,23);1H. The van der Waals surface area contributed by atoms with Crippen LogP contribution in [0.5, 0.6) is 11.5 Å². The zero-order chi connectivity index (χ0) is 19.4. The minimum Gasteiger partial charge on any atom is -0.493 e. The van der Waals surface area contributed by atoms with E-state index in [0.29, 0.717) is 43.6 Å². The molecule has 0 fully saturated rings. The monoisotopic (exact) mass is 505 g/mol. The molecule has 0 spiro atoms. The molecule has 2 N–H and O–H groups in total. The van der Waals surface area contributed by atoms with E-state index in [4.69, 9.17) is 9.47 Å². The molecular formula is C17H27F3IN3O3. The molecule has 1 aromatic rings. The molecule has 0 heterocycles. The lowest BCUT2D eigenvalue weighted by atomic mass is 10.2. The van der Waals surface area contributed by atoms with E-state index in [9.17, 15) is 13.2 Å². The van der Waals surface area contributed by atoms with Gasteiger partial charge in [-0.15, -0.1) is 24.0 Å². The van der Waals surface area contributed by atoms with Gasteiger partial charge in [-0.3, -0.25) is 4.99 Å². The maximum Gasteiger partial charge on any atom is 0.411 e. The van der Waals surface area contributed by atoms with Crippen molar-refractivity contribution in [3.63, 3.8) is 0 Å². The Bertz CT molecular complexity index is 572. The van der Waals surface area contributed by atoms with Gasteiger partial charge in [0, 0.05) is 31.5 Å². The van der Waals surface area contributed by atoms with Crippen LogP contribution in [0.1, 0.15) is 20.3 Å². The SMILES string of the molecule is CCNC(=NCCCOCC(F)(F)F)Nc1ccc(OCC)c(OC)c1.I. The highest BCUT2D eigenvalue weighted by molar-refractivity contribution is 14.0. The quantitative estimate of drug-likeness (QED) is 0.218. The van der Waals surface area contributed by atoms with Crippen LogP contribution in [0.2, 0.25) is 0 Å². The number of ether oxygens (including phenoxy) is 3. The number of guanidine groups is 1. The first-order valence-corrected chi connectivity index (χ1v) is 8.40. The number of halogens is 4. The number of nitrogens with one attached hydrogen (secondary N) is 2. The third-order valence-corrected chi connectivity index (χ3v) is 3.05. The predicted molar refractivity (Wildman–Crippen MR) is 111 cm³/mol. The summed E-state index contributed by atoms with van der Waals surface area (Å²) in [5, 5.41) is 6.19. The molecule has 0 aliphatic rings. The molecule has 0 aliphatic carbocycles. The summed E-state index contributed by atoms with van der Waals surface area (Å²) in [7, 11) is 1.56. The molecule has 1 aromatic carbocycles. The second kappa shape index (κ2) is 13.7. The van der Waals surface area contributed by atoms with Gasteiger partial charge >= 0.3 is 6.18 Å². The first-order chi connectivity index (χ1) is 12.4. The first kappa shape index (κ1) is 25.6. The summed E-state index contributed by atoms with van der Waals surface area (Å²) in [4.78, 5) is 4.32. The van der Waals surface area contributed by atoms with Crippen molar-refractivity contribution in [2.75, 3.05) is 45.3 Å². The van der Waals surface area contributed by atoms with Crippen LogP contribution in [0.25, 0.3) is 0 Å². The lowest BCUT2D eigenvalue weighted by molar-refractivity contribution is -0.173. The van der Waals surface area contributed by atoms with E-state index in [2.05, 4.69) is 20.4 Å². The fourth-order valence-electron chi connectivity index (χ4n) is 2.01. The van der Waals surface area contributed by atoms with Crippen molar-refractivity contribution in [3.05, 3.63) is 18.2 Å². The Morgan fingerprint density at radius 2 is 1.93 bits per heavy atom. The number of rotatable bonds is 10. The lowest BCUT2D eigenvalue weighted by Crippen LogP contribution is -2.30. The summed E-state index contributed by atoms with van der Waals surface area (Å²) in [6.45, 7) is 4.08. The van der Waals surface area contributed by atoms with Crippen molar-refractivity contribution >= 4 is 35.6 Å². The van der Waals surface area contributed by atoms with Crippen LogP contribution in [0, 0.1) is 0 Å². The molecule has 6 nitrogen and oxygen atoms in total. The van der Waals surface area contributed by atoms with Crippen LogP contribution in [-0.2, 0) is 4.74 Å². The Labute approximate surface area is 174 Å². The molecule has 0 bridgehead atoms. The maximum absolute atomic E-state index is 12.0. The number of hydrogen-bond acceptors (Lipinski definition) is 4. The Balaban J connectivity index is 0.00000676. The van der Waals surface area contributed by atoms with Crippen LogP contribution in [0.3, 0.4) is 0 Å². The zero-order valence-corrected chi connectivity index (χ0v) is 18.0. The van der Waals surface area contributed by atoms with Gasteiger partial charge in [0.2, 0.25) is 0 Å². The molecule has 0 aromatic heterocycles. The van der Waals surface area contributed by atoms with Crippen LogP contribution in [0.15, 0.2) is 23.2 Å². The normalized spacial score (nSPS) is 11.6. The van der Waals surface area contributed by atoms with Crippen molar-refractivity contribution in [2.45, 2.75) is 26.4 Å². The summed E-state index contributed by atoms with van der Waals surface area (Å²) in [6, 6.07) is 5.40. The van der Waals surface area contributed by atoms with Gasteiger partial charge in [0.05, 0.1) is 13.7 Å². The Morgan fingerprint density at radius 3 is 2.52 bits per heavy atom. The summed E-state index contributed by atoms with van der Waals surface area (Å²) < 4.78 is 51.3. The van der Waals surface area contributed by atoms with Crippen LogP contribution < -0.4 is 20.1 Å². The van der Waals surface area contributed by atoms with Crippen molar-refractivity contribution in [2.24, 2.45) is 4.99 Å². The van der Waals surface area contributed by atoms with Crippen LogP contribution >= 0.6 is 24.0 Å². The smallest absolute Gasteiger partial charge is 0.411 e. The van der Waals surface area contributed by atoms with Gasteiger partial charge in [0.25, 0.3) is 0 Å². The number of methoxy groups -OCH3 is 1. The minimum absolute atomic E-state index is 0. The number of nitrogens with zero attached hydrogens (tertiary/aromatic N) is 1. The fourth-order valence-corrected chi connectivity index (χ4v) is 2.01. The molecule has 0 saturated heterocycles. The predicted octanol–water partition coefficient (Wildman–Crippen LogP) is 4.06. The molecule has 0 aliphatic heterocycles. The van der Waals surface area contributed by atoms with E-state index in [1.807, 2.05) is 19.9 Å². The molecule has 0 atom stereocenters. The highest BCUT2D eigenvalue weighted by Gasteiger charge is 2.27. The summed E-state index contributed by atoms with van der Waals surface area (Å²) >= 11 is 0. The molecule has 0 radical (unpaired) electrons. The molecule has 27 heavy (non-hydrogen) atoms. The summed E-state index contributed by atoms with van der Waals surface area (Å²) in [6.07, 6.45) is -3.91. The number of benzene rings is 1. The van der Waals surface area contributed by atoms with Crippen molar-refractivity contribution in [3.8, 4) is 11.5 Å². The van der Waals surface area contributed by atoms with Gasteiger partial charge in [-0.25, -0.2) is 0 Å². The Morgan fingerprint density at radius 1 is 1.19 bits per heavy atom. The summed E-state index contributed by atoms with van der Waals surface area (Å²) in [5.41, 5.74) is 0.748. The molecule has 0 saturated carbocycles. The Kier molecular flexibility index (Phi) is 13.0. The first-order valence-electron chi connectivity index (χ1n) is 8.40. The van der Waals surface area contributed by atoms with Crippen molar-refractivity contribution in [1.82, 2.24) is 5.32 Å². The average Bonchev–Trinajstić information content (AvgIpc) is 2.58. The lowest BCUT2D eigenvalue weighted by Gasteiger charge is -2.14. The maximum atomic E-state index is 12.0. The van der Waals surface area contributed by atoms with E-state index in [1.54, 1.807) is 19.2 Å². The molecule has 156 valence electrons. The van der Waals surface area contributed by atoms with Crippen molar-refractivity contribution in [1.29, 1.82) is 0 Å². The highest BCUT2D eigenvalue weighted by Crippen LogP contribution is 2.30. The van der Waals surface area contributed by atoms with E-state index in [1.165, 1.54) is 0 Å². The van der Waals surface area contributed by atoms with E-state index < -0.39 is 12.8 Å². The number of aliphatic imine (C=N–C) groups is 1. The van der Waals surface area contributed by atoms with E-state index in [-0.39, 0.29) is 30.6 Å². The van der Waals surface area contributed by atoms with E-state index >= 15 is 0 Å². The van der Waals surface area contributed by atoms with Gasteiger partial charge in [0.15, 0.2) is 17.5 Å². The second-order valence-corrected chi connectivity index (χ2v) is 5.21. The molecule has 1 rings (SSSR count). The topological polar surface area (TPSA) is 64.1 Å². The summed E-state index contributed by atoms with van der Waals surface area (Å²) in [5.74, 6) is 1.76. The third kappa shape index (κ3) is 11.1. The number of hydrogen-bond donors (Lipinski definition) is 2. The molecule has 10 heteroatoms. The van der Waals surface area contributed by atoms with Crippen LogP contribution in [-0.4, -0.2) is 52.2 Å². The minimum atomic E-state index is -4.30. The number of anilines is 1. The Hall–Kier alpha value is -1.43. The second-order valence-electron chi connectivity index (χ2n) is 5.21. The van der Waals surface area contributed by atoms with Gasteiger partial charge in [-0.2, -0.15) is 13.2 Å². The largest absolute Gasteiger partial charge is 0.493 e. The zero-order valence-electron chi connectivity index (χ0n) is 15.7. The fraction of sp³-hybridized carbons (Fsp3) is 0.588. The average molecular weight is 505 g/mol. The van der Waals surface area contributed by atoms with E-state index in [0.717, 1.165) is 5.69 Å². The van der Waals surface area contributed by atoms with Gasteiger partial charge in [0.1, 0.15) is 6.61 Å². The highest BCUT2D eigenvalue weighted by atomic mass is 127. The third-order valence-electron chi connectivity index (χ3n) is 3.05.